The van der Waals surface area contributed by atoms with Gasteiger partial charge in [0.2, 0.25) is 5.88 Å². The number of ether oxygens (including phenoxy) is 1. The van der Waals surface area contributed by atoms with E-state index in [0.717, 1.165) is 40.1 Å². The maximum atomic E-state index is 5.78. The average Bonchev–Trinajstić information content (AvgIpc) is 2.43. The van der Waals surface area contributed by atoms with Gasteiger partial charge in [0, 0.05) is 11.0 Å². The second kappa shape index (κ2) is 6.70. The summed E-state index contributed by atoms with van der Waals surface area (Å²) >= 11 is 3.55. The highest BCUT2D eigenvalue weighted by atomic mass is 79.9. The van der Waals surface area contributed by atoms with Crippen molar-refractivity contribution in [1.82, 2.24) is 9.97 Å². The Morgan fingerprint density at radius 3 is 2.55 bits per heavy atom. The first-order chi connectivity index (χ1) is 9.60. The molecule has 0 saturated carbocycles. The lowest BCUT2D eigenvalue weighted by atomic mass is 10.1. The molecule has 0 unspecified atom stereocenters. The van der Waals surface area contributed by atoms with Gasteiger partial charge in [-0.05, 0) is 43.5 Å². The van der Waals surface area contributed by atoms with Gasteiger partial charge in [0.25, 0.3) is 0 Å². The molecule has 0 aliphatic carbocycles. The van der Waals surface area contributed by atoms with Gasteiger partial charge in [0.15, 0.2) is 0 Å². The minimum Gasteiger partial charge on any atom is -0.437 e. The molecule has 0 saturated heterocycles. The summed E-state index contributed by atoms with van der Waals surface area (Å²) in [6, 6.07) is 3.95. The number of hydrogen-bond donors (Lipinski definition) is 1. The maximum absolute atomic E-state index is 5.78. The molecule has 106 valence electrons. The van der Waals surface area contributed by atoms with Crippen LogP contribution >= 0.6 is 15.9 Å². The van der Waals surface area contributed by atoms with Crippen molar-refractivity contribution < 1.29 is 4.74 Å². The number of rotatable bonds is 5. The summed E-state index contributed by atoms with van der Waals surface area (Å²) in [7, 11) is 0. The van der Waals surface area contributed by atoms with Gasteiger partial charge in [-0.25, -0.2) is 0 Å². The van der Waals surface area contributed by atoms with Crippen LogP contribution in [0.15, 0.2) is 29.0 Å². The first-order valence-corrected chi connectivity index (χ1v) is 7.40. The van der Waals surface area contributed by atoms with Gasteiger partial charge in [-0.3, -0.25) is 4.98 Å². The predicted octanol–water partition coefficient (Wildman–Crippen LogP) is 4.47. The molecule has 20 heavy (non-hydrogen) atoms. The summed E-state index contributed by atoms with van der Waals surface area (Å²) in [5, 5.41) is 3.19. The summed E-state index contributed by atoms with van der Waals surface area (Å²) in [5.74, 6) is 1.99. The standard InChI is InChI=1S/C15H18BrN3O/c1-4-5-18-13-8-17-9-14(19-13)20-12-6-10(2)15(16)11(3)7-12/h6-9H,4-5H2,1-3H3,(H,18,19). The Kier molecular flexibility index (Phi) is 4.95. The molecule has 1 heterocycles. The number of aryl methyl sites for hydroxylation is 2. The van der Waals surface area contributed by atoms with Gasteiger partial charge < -0.3 is 10.1 Å². The number of halogens is 1. The van der Waals surface area contributed by atoms with Crippen LogP contribution in [-0.4, -0.2) is 16.5 Å². The van der Waals surface area contributed by atoms with Crippen molar-refractivity contribution >= 4 is 21.7 Å². The Morgan fingerprint density at radius 1 is 1.20 bits per heavy atom. The summed E-state index contributed by atoms with van der Waals surface area (Å²) in [5.41, 5.74) is 2.27. The predicted molar refractivity (Wildman–Crippen MR) is 84.5 cm³/mol. The zero-order valence-corrected chi connectivity index (χ0v) is 13.5. The van der Waals surface area contributed by atoms with Crippen molar-refractivity contribution in [3.63, 3.8) is 0 Å². The number of anilines is 1. The molecule has 0 aliphatic heterocycles. The number of nitrogens with one attached hydrogen (secondary N) is 1. The van der Waals surface area contributed by atoms with Crippen LogP contribution in [0, 0.1) is 13.8 Å². The minimum atomic E-state index is 0.493. The molecule has 0 spiro atoms. The van der Waals surface area contributed by atoms with Crippen molar-refractivity contribution in [2.45, 2.75) is 27.2 Å². The minimum absolute atomic E-state index is 0.493. The third-order valence-corrected chi connectivity index (χ3v) is 4.05. The lowest BCUT2D eigenvalue weighted by Gasteiger charge is -2.10. The lowest BCUT2D eigenvalue weighted by Crippen LogP contribution is -2.03. The van der Waals surface area contributed by atoms with E-state index in [4.69, 9.17) is 4.74 Å². The fourth-order valence-electron chi connectivity index (χ4n) is 1.82. The largest absolute Gasteiger partial charge is 0.437 e. The van der Waals surface area contributed by atoms with Gasteiger partial charge in [-0.15, -0.1) is 0 Å². The molecule has 0 amide bonds. The Bertz CT molecular complexity index is 578. The van der Waals surface area contributed by atoms with E-state index in [2.05, 4.69) is 38.1 Å². The van der Waals surface area contributed by atoms with E-state index >= 15 is 0 Å². The van der Waals surface area contributed by atoms with Gasteiger partial charge >= 0.3 is 0 Å². The molecule has 1 aromatic carbocycles. The van der Waals surface area contributed by atoms with Crippen molar-refractivity contribution in [1.29, 1.82) is 0 Å². The molecule has 0 aliphatic rings. The van der Waals surface area contributed by atoms with Crippen molar-refractivity contribution in [2.24, 2.45) is 0 Å². The number of aromatic nitrogens is 2. The molecule has 2 aromatic rings. The smallest absolute Gasteiger partial charge is 0.239 e. The molecule has 1 N–H and O–H groups in total. The van der Waals surface area contributed by atoms with Crippen LogP contribution in [0.1, 0.15) is 24.5 Å². The van der Waals surface area contributed by atoms with E-state index in [0.29, 0.717) is 5.88 Å². The fraction of sp³-hybridized carbons (Fsp3) is 0.333. The van der Waals surface area contributed by atoms with Gasteiger partial charge in [-0.2, -0.15) is 4.98 Å². The number of nitrogens with zero attached hydrogens (tertiary/aromatic N) is 2. The summed E-state index contributed by atoms with van der Waals surface area (Å²) in [4.78, 5) is 8.52. The lowest BCUT2D eigenvalue weighted by molar-refractivity contribution is 0.460. The van der Waals surface area contributed by atoms with E-state index < -0.39 is 0 Å². The van der Waals surface area contributed by atoms with E-state index in [1.165, 1.54) is 0 Å². The molecule has 1 aromatic heterocycles. The van der Waals surface area contributed by atoms with Crippen LogP contribution in [0.5, 0.6) is 11.6 Å². The van der Waals surface area contributed by atoms with E-state index in [1.807, 2.05) is 26.0 Å². The molecular weight excluding hydrogens is 318 g/mol. The number of hydrogen-bond acceptors (Lipinski definition) is 4. The summed E-state index contributed by atoms with van der Waals surface area (Å²) in [6.07, 6.45) is 4.35. The van der Waals surface area contributed by atoms with Crippen LogP contribution < -0.4 is 10.1 Å². The zero-order valence-electron chi connectivity index (χ0n) is 11.9. The van der Waals surface area contributed by atoms with Gasteiger partial charge in [-0.1, -0.05) is 22.9 Å². The van der Waals surface area contributed by atoms with Crippen molar-refractivity contribution in [3.8, 4) is 11.6 Å². The van der Waals surface area contributed by atoms with Crippen LogP contribution in [0.2, 0.25) is 0 Å². The molecule has 0 bridgehead atoms. The van der Waals surface area contributed by atoms with Crippen molar-refractivity contribution in [3.05, 3.63) is 40.1 Å². The van der Waals surface area contributed by atoms with E-state index in [-0.39, 0.29) is 0 Å². The van der Waals surface area contributed by atoms with Crippen LogP contribution in [0.3, 0.4) is 0 Å². The highest BCUT2D eigenvalue weighted by Gasteiger charge is 2.06. The Labute approximate surface area is 127 Å². The Hall–Kier alpha value is -1.62. The maximum Gasteiger partial charge on any atom is 0.239 e. The Balaban J connectivity index is 2.17. The molecular formula is C15H18BrN3O. The fourth-order valence-corrected chi connectivity index (χ4v) is 2.05. The average molecular weight is 336 g/mol. The highest BCUT2D eigenvalue weighted by molar-refractivity contribution is 9.10. The quantitative estimate of drug-likeness (QED) is 0.875. The van der Waals surface area contributed by atoms with Crippen LogP contribution in [0.4, 0.5) is 5.82 Å². The van der Waals surface area contributed by atoms with Crippen LogP contribution in [0.25, 0.3) is 0 Å². The summed E-state index contributed by atoms with van der Waals surface area (Å²) in [6.45, 7) is 7.05. The zero-order chi connectivity index (χ0) is 14.5. The monoisotopic (exact) mass is 335 g/mol. The number of benzene rings is 1. The molecule has 5 heteroatoms. The second-order valence-electron chi connectivity index (χ2n) is 4.64. The van der Waals surface area contributed by atoms with Gasteiger partial charge in [0.05, 0.1) is 12.4 Å². The summed E-state index contributed by atoms with van der Waals surface area (Å²) < 4.78 is 6.89. The van der Waals surface area contributed by atoms with Gasteiger partial charge in [0.1, 0.15) is 11.6 Å². The molecule has 2 rings (SSSR count). The van der Waals surface area contributed by atoms with Crippen LogP contribution in [-0.2, 0) is 0 Å². The third kappa shape index (κ3) is 3.70. The topological polar surface area (TPSA) is 47.0 Å². The molecule has 0 fully saturated rings. The van der Waals surface area contributed by atoms with Crippen molar-refractivity contribution in [2.75, 3.05) is 11.9 Å². The first kappa shape index (κ1) is 14.8. The van der Waals surface area contributed by atoms with E-state index in [9.17, 15) is 0 Å². The second-order valence-corrected chi connectivity index (χ2v) is 5.44. The molecule has 4 nitrogen and oxygen atoms in total. The Morgan fingerprint density at radius 2 is 1.90 bits per heavy atom. The third-order valence-electron chi connectivity index (χ3n) is 2.80. The highest BCUT2D eigenvalue weighted by Crippen LogP contribution is 2.28. The first-order valence-electron chi connectivity index (χ1n) is 6.60. The SMILES string of the molecule is CCCNc1cncc(Oc2cc(C)c(Br)c(C)c2)n1. The molecule has 0 atom stereocenters. The van der Waals surface area contributed by atoms with E-state index in [1.54, 1.807) is 12.4 Å². The normalized spacial score (nSPS) is 10.4. The molecule has 0 radical (unpaired) electrons.